The number of aryl methyl sites for hydroxylation is 1. The number of halogens is 1. The summed E-state index contributed by atoms with van der Waals surface area (Å²) in [6.07, 6.45) is 0. The SMILES string of the molecule is COC(=O)c1cccc(Nc2cc(C)nc(Cl)n2)c1O. The van der Waals surface area contributed by atoms with Gasteiger partial charge in [-0.25, -0.2) is 14.8 Å². The molecule has 2 aromatic rings. The van der Waals surface area contributed by atoms with Gasteiger partial charge in [-0.1, -0.05) is 6.07 Å². The number of methoxy groups -OCH3 is 1. The Morgan fingerprint density at radius 3 is 2.80 bits per heavy atom. The number of aromatic hydroxyl groups is 1. The Morgan fingerprint density at radius 2 is 2.15 bits per heavy atom. The third-order valence-corrected chi connectivity index (χ3v) is 2.70. The maximum atomic E-state index is 11.5. The van der Waals surface area contributed by atoms with Gasteiger partial charge in [0.15, 0.2) is 5.75 Å². The van der Waals surface area contributed by atoms with Gasteiger partial charge in [0.2, 0.25) is 5.28 Å². The number of hydrogen-bond donors (Lipinski definition) is 2. The molecule has 0 radical (unpaired) electrons. The summed E-state index contributed by atoms with van der Waals surface area (Å²) in [5.74, 6) is -0.422. The minimum absolute atomic E-state index is 0.0642. The summed E-state index contributed by atoms with van der Waals surface area (Å²) in [5.41, 5.74) is 1.06. The Morgan fingerprint density at radius 1 is 1.40 bits per heavy atom. The van der Waals surface area contributed by atoms with Crippen LogP contribution in [0.3, 0.4) is 0 Å². The van der Waals surface area contributed by atoms with E-state index in [0.29, 0.717) is 17.2 Å². The fourth-order valence-corrected chi connectivity index (χ4v) is 1.88. The summed E-state index contributed by atoms with van der Waals surface area (Å²) in [7, 11) is 1.25. The summed E-state index contributed by atoms with van der Waals surface area (Å²) in [5, 5.41) is 13.0. The van der Waals surface area contributed by atoms with Crippen LogP contribution in [-0.4, -0.2) is 28.2 Å². The predicted molar refractivity (Wildman–Crippen MR) is 74.5 cm³/mol. The molecule has 2 rings (SSSR count). The molecule has 0 aliphatic heterocycles. The van der Waals surface area contributed by atoms with E-state index in [-0.39, 0.29) is 16.6 Å². The third-order valence-electron chi connectivity index (χ3n) is 2.53. The van der Waals surface area contributed by atoms with Crippen molar-refractivity contribution in [3.8, 4) is 5.75 Å². The van der Waals surface area contributed by atoms with Gasteiger partial charge in [-0.15, -0.1) is 0 Å². The maximum Gasteiger partial charge on any atom is 0.341 e. The molecule has 7 heteroatoms. The minimum Gasteiger partial charge on any atom is -0.505 e. The van der Waals surface area contributed by atoms with Gasteiger partial charge < -0.3 is 15.2 Å². The highest BCUT2D eigenvalue weighted by Gasteiger charge is 2.15. The maximum absolute atomic E-state index is 11.5. The molecule has 1 aromatic carbocycles. The number of nitrogens with one attached hydrogen (secondary N) is 1. The standard InChI is InChI=1S/C13H12ClN3O3/c1-7-6-10(17-13(14)15-7)16-9-5-3-4-8(11(9)18)12(19)20-2/h3-6,18H,1-2H3,(H,15,16,17). The molecule has 104 valence electrons. The molecule has 0 bridgehead atoms. The van der Waals surface area contributed by atoms with Gasteiger partial charge in [0, 0.05) is 11.8 Å². The first kappa shape index (κ1) is 14.1. The zero-order valence-corrected chi connectivity index (χ0v) is 11.6. The van der Waals surface area contributed by atoms with Crippen LogP contribution < -0.4 is 5.32 Å². The van der Waals surface area contributed by atoms with E-state index in [0.717, 1.165) is 0 Å². The van der Waals surface area contributed by atoms with Crippen LogP contribution in [0, 0.1) is 6.92 Å². The Balaban J connectivity index is 2.36. The number of phenols is 1. The Labute approximate surface area is 120 Å². The van der Waals surface area contributed by atoms with Crippen molar-refractivity contribution in [2.75, 3.05) is 12.4 Å². The number of aromatic nitrogens is 2. The molecule has 1 heterocycles. The lowest BCUT2D eigenvalue weighted by Gasteiger charge is -2.10. The smallest absolute Gasteiger partial charge is 0.341 e. The van der Waals surface area contributed by atoms with Crippen LogP contribution >= 0.6 is 11.6 Å². The number of hydrogen-bond acceptors (Lipinski definition) is 6. The topological polar surface area (TPSA) is 84.3 Å². The summed E-state index contributed by atoms with van der Waals surface area (Å²) < 4.78 is 4.59. The van der Waals surface area contributed by atoms with Crippen LogP contribution in [0.15, 0.2) is 24.3 Å². The largest absolute Gasteiger partial charge is 0.505 e. The van der Waals surface area contributed by atoms with Crippen LogP contribution in [0.5, 0.6) is 5.75 Å². The van der Waals surface area contributed by atoms with Gasteiger partial charge in [0.25, 0.3) is 0 Å². The molecule has 0 fully saturated rings. The first-order valence-electron chi connectivity index (χ1n) is 5.69. The summed E-state index contributed by atoms with van der Waals surface area (Å²) in [6, 6.07) is 6.35. The molecule has 0 aliphatic rings. The van der Waals surface area contributed by atoms with Gasteiger partial charge in [-0.05, 0) is 30.7 Å². The lowest BCUT2D eigenvalue weighted by Crippen LogP contribution is -2.03. The Bertz CT molecular complexity index is 641. The number of benzene rings is 1. The fraction of sp³-hybridized carbons (Fsp3) is 0.154. The molecule has 2 N–H and O–H groups in total. The highest BCUT2D eigenvalue weighted by molar-refractivity contribution is 6.28. The van der Waals surface area contributed by atoms with Gasteiger partial charge in [0.1, 0.15) is 11.4 Å². The van der Waals surface area contributed by atoms with Crippen molar-refractivity contribution < 1.29 is 14.6 Å². The zero-order valence-electron chi connectivity index (χ0n) is 10.8. The number of carbonyl (C=O) groups excluding carboxylic acids is 1. The molecule has 1 aromatic heterocycles. The number of esters is 1. The average molecular weight is 294 g/mol. The summed E-state index contributed by atoms with van der Waals surface area (Å²) >= 11 is 5.76. The first-order chi connectivity index (χ1) is 9.51. The van der Waals surface area contributed by atoms with Crippen LogP contribution in [0.25, 0.3) is 0 Å². The number of rotatable bonds is 3. The fourth-order valence-electron chi connectivity index (χ4n) is 1.65. The Hall–Kier alpha value is -2.34. The monoisotopic (exact) mass is 293 g/mol. The predicted octanol–water partition coefficient (Wildman–Crippen LogP) is 2.67. The second kappa shape index (κ2) is 5.75. The van der Waals surface area contributed by atoms with Crippen molar-refractivity contribution in [3.05, 3.63) is 40.8 Å². The second-order valence-electron chi connectivity index (χ2n) is 3.98. The van der Waals surface area contributed by atoms with Gasteiger partial charge >= 0.3 is 5.97 Å². The lowest BCUT2D eigenvalue weighted by molar-refractivity contribution is 0.0597. The van der Waals surface area contributed by atoms with E-state index in [1.807, 2.05) is 0 Å². The molecule has 0 saturated heterocycles. The van der Waals surface area contributed by atoms with Crippen molar-refractivity contribution in [3.63, 3.8) is 0 Å². The van der Waals surface area contributed by atoms with Crippen LogP contribution in [-0.2, 0) is 4.74 Å². The first-order valence-corrected chi connectivity index (χ1v) is 6.07. The molecule has 0 aliphatic carbocycles. The summed E-state index contributed by atoms with van der Waals surface area (Å²) in [6.45, 7) is 1.77. The van der Waals surface area contributed by atoms with E-state index in [2.05, 4.69) is 20.0 Å². The van der Waals surface area contributed by atoms with E-state index >= 15 is 0 Å². The number of para-hydroxylation sites is 1. The van der Waals surface area contributed by atoms with Gasteiger partial charge in [0.05, 0.1) is 12.8 Å². The molecule has 0 saturated carbocycles. The number of nitrogens with zero attached hydrogens (tertiary/aromatic N) is 2. The molecule has 6 nitrogen and oxygen atoms in total. The van der Waals surface area contributed by atoms with E-state index < -0.39 is 5.97 Å². The minimum atomic E-state index is -0.622. The molecule has 0 amide bonds. The number of ether oxygens (including phenoxy) is 1. The quantitative estimate of drug-likeness (QED) is 0.514. The Kier molecular flexibility index (Phi) is 4.05. The van der Waals surface area contributed by atoms with Crippen molar-refractivity contribution >= 4 is 29.1 Å². The number of anilines is 2. The lowest BCUT2D eigenvalue weighted by atomic mass is 10.1. The van der Waals surface area contributed by atoms with E-state index in [4.69, 9.17) is 11.6 Å². The molecular formula is C13H12ClN3O3. The van der Waals surface area contributed by atoms with Crippen molar-refractivity contribution in [2.45, 2.75) is 6.92 Å². The van der Waals surface area contributed by atoms with Crippen LogP contribution in [0.4, 0.5) is 11.5 Å². The van der Waals surface area contributed by atoms with Gasteiger partial charge in [-0.2, -0.15) is 0 Å². The van der Waals surface area contributed by atoms with Gasteiger partial charge in [-0.3, -0.25) is 0 Å². The van der Waals surface area contributed by atoms with Crippen molar-refractivity contribution in [2.24, 2.45) is 0 Å². The molecular weight excluding hydrogens is 282 g/mol. The highest BCUT2D eigenvalue weighted by atomic mass is 35.5. The second-order valence-corrected chi connectivity index (χ2v) is 4.32. The summed E-state index contributed by atoms with van der Waals surface area (Å²) in [4.78, 5) is 19.4. The zero-order chi connectivity index (χ0) is 14.7. The van der Waals surface area contributed by atoms with E-state index in [1.165, 1.54) is 13.2 Å². The van der Waals surface area contributed by atoms with E-state index in [9.17, 15) is 9.90 Å². The van der Waals surface area contributed by atoms with Crippen molar-refractivity contribution in [1.82, 2.24) is 9.97 Å². The average Bonchev–Trinajstić information content (AvgIpc) is 2.39. The molecule has 0 atom stereocenters. The molecule has 0 unspecified atom stereocenters. The normalized spacial score (nSPS) is 10.2. The van der Waals surface area contributed by atoms with E-state index in [1.54, 1.807) is 25.1 Å². The van der Waals surface area contributed by atoms with Crippen LogP contribution in [0.1, 0.15) is 16.1 Å². The number of phenolic OH excluding ortho intramolecular Hbond substituents is 1. The third kappa shape index (κ3) is 2.97. The van der Waals surface area contributed by atoms with Crippen LogP contribution in [0.2, 0.25) is 5.28 Å². The number of carbonyl (C=O) groups is 1. The molecule has 0 spiro atoms. The van der Waals surface area contributed by atoms with Crippen molar-refractivity contribution in [1.29, 1.82) is 0 Å². The highest BCUT2D eigenvalue weighted by Crippen LogP contribution is 2.30. The molecule has 20 heavy (non-hydrogen) atoms.